The molecule has 0 aliphatic rings. The molecule has 0 radical (unpaired) electrons. The van der Waals surface area contributed by atoms with Gasteiger partial charge in [0.05, 0.1) is 18.4 Å². The number of furan rings is 1. The average Bonchev–Trinajstić information content (AvgIpc) is 3.18. The Hall–Kier alpha value is -2.48. The molecule has 7 nitrogen and oxygen atoms in total. The average molecular weight is 317 g/mol. The normalized spacial score (nSPS) is 11.0. The molecule has 0 aliphatic carbocycles. The second kappa shape index (κ2) is 6.10. The first kappa shape index (κ1) is 14.5. The largest absolute Gasteiger partial charge is 0.472 e. The van der Waals surface area contributed by atoms with Crippen molar-refractivity contribution in [3.05, 3.63) is 35.5 Å². The van der Waals surface area contributed by atoms with Gasteiger partial charge >= 0.3 is 0 Å². The Balaban J connectivity index is 1.62. The minimum Gasteiger partial charge on any atom is -0.472 e. The maximum atomic E-state index is 12.0. The molecule has 3 heterocycles. The van der Waals surface area contributed by atoms with Gasteiger partial charge in [-0.05, 0) is 6.07 Å². The van der Waals surface area contributed by atoms with Gasteiger partial charge in [-0.2, -0.15) is 4.98 Å². The van der Waals surface area contributed by atoms with Crippen LogP contribution in [0, 0.1) is 0 Å². The van der Waals surface area contributed by atoms with Crippen molar-refractivity contribution in [2.75, 3.05) is 5.32 Å². The van der Waals surface area contributed by atoms with Gasteiger partial charge in [-0.1, -0.05) is 13.8 Å². The summed E-state index contributed by atoms with van der Waals surface area (Å²) in [5.74, 6) is 1.07. The SMILES string of the molecule is CC(C)c1nc(NC(=O)Cc2csc(-c3ccoc3)n2)n[nH]1. The summed E-state index contributed by atoms with van der Waals surface area (Å²) in [4.78, 5) is 20.6. The third-order valence-corrected chi connectivity index (χ3v) is 3.90. The number of hydrogen-bond acceptors (Lipinski definition) is 6. The van der Waals surface area contributed by atoms with Gasteiger partial charge < -0.3 is 4.42 Å². The van der Waals surface area contributed by atoms with E-state index in [0.29, 0.717) is 11.6 Å². The number of H-pyrrole nitrogens is 1. The third kappa shape index (κ3) is 3.22. The van der Waals surface area contributed by atoms with E-state index in [0.717, 1.165) is 16.4 Å². The number of aromatic amines is 1. The fourth-order valence-electron chi connectivity index (χ4n) is 1.83. The lowest BCUT2D eigenvalue weighted by Gasteiger charge is -1.98. The number of nitrogens with one attached hydrogen (secondary N) is 2. The summed E-state index contributed by atoms with van der Waals surface area (Å²) < 4.78 is 5.03. The molecule has 3 rings (SSSR count). The van der Waals surface area contributed by atoms with Crippen LogP contribution < -0.4 is 5.32 Å². The molecule has 0 fully saturated rings. The Morgan fingerprint density at radius 2 is 2.32 bits per heavy atom. The standard InChI is InChI=1S/C14H15N5O2S/c1-8(2)12-17-14(19-18-12)16-11(20)5-10-7-22-13(15-10)9-3-4-21-6-9/h3-4,6-8H,5H2,1-2H3,(H2,16,17,18,19,20). The van der Waals surface area contributed by atoms with Crippen LogP contribution in [0.1, 0.15) is 31.3 Å². The summed E-state index contributed by atoms with van der Waals surface area (Å²) in [5, 5.41) is 12.1. The summed E-state index contributed by atoms with van der Waals surface area (Å²) in [6.45, 7) is 4.00. The van der Waals surface area contributed by atoms with Crippen molar-refractivity contribution in [2.24, 2.45) is 0 Å². The predicted molar refractivity (Wildman–Crippen MR) is 82.6 cm³/mol. The summed E-state index contributed by atoms with van der Waals surface area (Å²) in [6.07, 6.45) is 3.41. The van der Waals surface area contributed by atoms with Gasteiger partial charge in [0.25, 0.3) is 0 Å². The molecular formula is C14H15N5O2S. The Labute approximate surface area is 130 Å². The number of carbonyl (C=O) groups is 1. The second-order valence-corrected chi connectivity index (χ2v) is 5.94. The quantitative estimate of drug-likeness (QED) is 0.754. The maximum absolute atomic E-state index is 12.0. The number of amides is 1. The Morgan fingerprint density at radius 3 is 3.00 bits per heavy atom. The number of nitrogens with zero attached hydrogens (tertiary/aromatic N) is 3. The predicted octanol–water partition coefficient (Wildman–Crippen LogP) is 2.83. The van der Waals surface area contributed by atoms with Crippen molar-refractivity contribution in [1.29, 1.82) is 0 Å². The van der Waals surface area contributed by atoms with Gasteiger partial charge in [-0.25, -0.2) is 4.98 Å². The molecule has 0 saturated heterocycles. The van der Waals surface area contributed by atoms with Crippen molar-refractivity contribution in [2.45, 2.75) is 26.2 Å². The van der Waals surface area contributed by atoms with Gasteiger partial charge in [0.1, 0.15) is 17.1 Å². The fraction of sp³-hybridized carbons (Fsp3) is 0.286. The van der Waals surface area contributed by atoms with E-state index in [-0.39, 0.29) is 18.2 Å². The van der Waals surface area contributed by atoms with Gasteiger partial charge in [0, 0.05) is 16.9 Å². The molecule has 1 amide bonds. The molecule has 0 saturated carbocycles. The lowest BCUT2D eigenvalue weighted by molar-refractivity contribution is -0.115. The zero-order chi connectivity index (χ0) is 15.5. The van der Waals surface area contributed by atoms with Gasteiger partial charge in [-0.3, -0.25) is 15.2 Å². The van der Waals surface area contributed by atoms with Crippen LogP contribution in [0.4, 0.5) is 5.95 Å². The van der Waals surface area contributed by atoms with Crippen molar-refractivity contribution in [1.82, 2.24) is 20.2 Å². The molecule has 3 aromatic heterocycles. The lowest BCUT2D eigenvalue weighted by atomic mass is 10.2. The molecule has 0 atom stereocenters. The Kier molecular flexibility index (Phi) is 4.01. The van der Waals surface area contributed by atoms with Crippen LogP contribution in [0.3, 0.4) is 0 Å². The summed E-state index contributed by atoms with van der Waals surface area (Å²) in [6, 6.07) is 1.84. The van der Waals surface area contributed by atoms with Crippen LogP contribution in [-0.4, -0.2) is 26.1 Å². The number of thiazole rings is 1. The first-order chi connectivity index (χ1) is 10.6. The molecule has 22 heavy (non-hydrogen) atoms. The highest BCUT2D eigenvalue weighted by Gasteiger charge is 2.12. The number of aromatic nitrogens is 4. The molecule has 8 heteroatoms. The van der Waals surface area contributed by atoms with Crippen LogP contribution in [-0.2, 0) is 11.2 Å². The van der Waals surface area contributed by atoms with E-state index in [2.05, 4.69) is 25.5 Å². The minimum atomic E-state index is -0.196. The van der Waals surface area contributed by atoms with E-state index in [1.54, 1.807) is 12.5 Å². The highest BCUT2D eigenvalue weighted by Crippen LogP contribution is 2.24. The number of hydrogen-bond donors (Lipinski definition) is 2. The molecule has 114 valence electrons. The fourth-order valence-corrected chi connectivity index (χ4v) is 2.63. The number of carbonyl (C=O) groups excluding carboxylic acids is 1. The lowest BCUT2D eigenvalue weighted by Crippen LogP contribution is -2.15. The smallest absolute Gasteiger partial charge is 0.248 e. The molecule has 0 unspecified atom stereocenters. The van der Waals surface area contributed by atoms with E-state index >= 15 is 0 Å². The monoisotopic (exact) mass is 317 g/mol. The van der Waals surface area contributed by atoms with Crippen LogP contribution in [0.15, 0.2) is 28.4 Å². The molecule has 0 aromatic carbocycles. The van der Waals surface area contributed by atoms with Crippen LogP contribution in [0.5, 0.6) is 0 Å². The van der Waals surface area contributed by atoms with Crippen molar-refractivity contribution < 1.29 is 9.21 Å². The van der Waals surface area contributed by atoms with Gasteiger partial charge in [0.2, 0.25) is 11.9 Å². The molecule has 2 N–H and O–H groups in total. The van der Waals surface area contributed by atoms with E-state index in [9.17, 15) is 4.79 Å². The topological polar surface area (TPSA) is 96.7 Å². The zero-order valence-corrected chi connectivity index (χ0v) is 13.0. The summed E-state index contributed by atoms with van der Waals surface area (Å²) in [7, 11) is 0. The molecule has 0 bridgehead atoms. The highest BCUT2D eigenvalue weighted by atomic mass is 32.1. The maximum Gasteiger partial charge on any atom is 0.248 e. The van der Waals surface area contributed by atoms with E-state index < -0.39 is 0 Å². The second-order valence-electron chi connectivity index (χ2n) is 5.08. The van der Waals surface area contributed by atoms with Crippen LogP contribution in [0.2, 0.25) is 0 Å². The van der Waals surface area contributed by atoms with Crippen molar-refractivity contribution in [3.8, 4) is 10.6 Å². The Morgan fingerprint density at radius 1 is 1.45 bits per heavy atom. The molecular weight excluding hydrogens is 302 g/mol. The minimum absolute atomic E-state index is 0.180. The Bertz CT molecular complexity index is 760. The van der Waals surface area contributed by atoms with E-state index in [1.807, 2.05) is 25.3 Å². The molecule has 0 spiro atoms. The van der Waals surface area contributed by atoms with Crippen molar-refractivity contribution in [3.63, 3.8) is 0 Å². The summed E-state index contributed by atoms with van der Waals surface area (Å²) in [5.41, 5.74) is 1.62. The van der Waals surface area contributed by atoms with E-state index in [4.69, 9.17) is 4.42 Å². The van der Waals surface area contributed by atoms with Gasteiger partial charge in [-0.15, -0.1) is 16.4 Å². The first-order valence-corrected chi connectivity index (χ1v) is 7.69. The third-order valence-electron chi connectivity index (χ3n) is 2.96. The zero-order valence-electron chi connectivity index (χ0n) is 12.2. The van der Waals surface area contributed by atoms with Crippen LogP contribution >= 0.6 is 11.3 Å². The van der Waals surface area contributed by atoms with E-state index in [1.165, 1.54) is 11.3 Å². The highest BCUT2D eigenvalue weighted by molar-refractivity contribution is 7.13. The first-order valence-electron chi connectivity index (χ1n) is 6.81. The number of anilines is 1. The molecule has 0 aliphatic heterocycles. The van der Waals surface area contributed by atoms with Crippen molar-refractivity contribution >= 4 is 23.2 Å². The summed E-state index contributed by atoms with van der Waals surface area (Å²) >= 11 is 1.48. The van der Waals surface area contributed by atoms with Crippen LogP contribution in [0.25, 0.3) is 10.6 Å². The van der Waals surface area contributed by atoms with Gasteiger partial charge in [0.15, 0.2) is 0 Å². The molecule has 3 aromatic rings. The number of rotatable bonds is 5.